The van der Waals surface area contributed by atoms with E-state index in [1.807, 2.05) is 60.7 Å². The highest BCUT2D eigenvalue weighted by Gasteiger charge is 2.12. The molecular formula is C22H19N3O2. The van der Waals surface area contributed by atoms with E-state index in [2.05, 4.69) is 9.97 Å². The van der Waals surface area contributed by atoms with E-state index >= 15 is 0 Å². The summed E-state index contributed by atoms with van der Waals surface area (Å²) in [4.78, 5) is 19.8. The molecule has 2 aromatic heterocycles. The average Bonchev–Trinajstić information content (AvgIpc) is 2.74. The molecule has 0 unspecified atom stereocenters. The lowest BCUT2D eigenvalue weighted by atomic mass is 10.0. The van der Waals surface area contributed by atoms with E-state index in [-0.39, 0.29) is 5.56 Å². The summed E-state index contributed by atoms with van der Waals surface area (Å²) in [5, 5.41) is 9.96. The van der Waals surface area contributed by atoms with Gasteiger partial charge in [-0.15, -0.1) is 0 Å². The number of carboxylic acids is 1. The quantitative estimate of drug-likeness (QED) is 0.575. The van der Waals surface area contributed by atoms with E-state index in [1.54, 1.807) is 24.5 Å². The second-order valence-electron chi connectivity index (χ2n) is 5.80. The molecule has 2 heterocycles. The average molecular weight is 357 g/mol. The lowest BCUT2D eigenvalue weighted by Crippen LogP contribution is -2.00. The molecule has 4 aromatic rings. The first kappa shape index (κ1) is 18.2. The monoisotopic (exact) mass is 357 g/mol. The van der Waals surface area contributed by atoms with Gasteiger partial charge in [0.1, 0.15) is 0 Å². The molecule has 0 atom stereocenters. The van der Waals surface area contributed by atoms with Crippen LogP contribution >= 0.6 is 0 Å². The second kappa shape index (κ2) is 8.69. The molecule has 0 saturated carbocycles. The Kier molecular flexibility index (Phi) is 5.87. The molecule has 5 nitrogen and oxygen atoms in total. The number of benzene rings is 2. The maximum Gasteiger partial charge on any atom is 0.336 e. The number of rotatable bonds is 3. The first-order valence-corrected chi connectivity index (χ1v) is 8.46. The Balaban J connectivity index is 0.000000221. The number of aromatic nitrogens is 2. The lowest BCUT2D eigenvalue weighted by Gasteiger charge is -2.06. The van der Waals surface area contributed by atoms with E-state index in [0.717, 1.165) is 5.56 Å². The van der Waals surface area contributed by atoms with Gasteiger partial charge in [-0.25, -0.2) is 9.78 Å². The molecule has 0 aliphatic carbocycles. The number of aromatic carboxylic acids is 1. The molecule has 0 radical (unpaired) electrons. The van der Waals surface area contributed by atoms with Crippen LogP contribution in [0.1, 0.15) is 15.9 Å². The number of para-hydroxylation sites is 1. The summed E-state index contributed by atoms with van der Waals surface area (Å²) in [6.45, 7) is 0.640. The fraction of sp³-hybridized carbons (Fsp3) is 0.0455. The largest absolute Gasteiger partial charge is 0.478 e. The third kappa shape index (κ3) is 4.54. The van der Waals surface area contributed by atoms with Gasteiger partial charge in [0.05, 0.1) is 16.8 Å². The van der Waals surface area contributed by atoms with Gasteiger partial charge < -0.3 is 10.8 Å². The van der Waals surface area contributed by atoms with Crippen LogP contribution in [0.15, 0.2) is 85.2 Å². The molecule has 0 aliphatic rings. The molecule has 134 valence electrons. The smallest absolute Gasteiger partial charge is 0.336 e. The van der Waals surface area contributed by atoms with Gasteiger partial charge in [0.25, 0.3) is 0 Å². The van der Waals surface area contributed by atoms with Crippen molar-refractivity contribution in [3.63, 3.8) is 0 Å². The normalized spacial score (nSPS) is 10.1. The summed E-state index contributed by atoms with van der Waals surface area (Å²) in [5.41, 5.74) is 8.96. The maximum atomic E-state index is 11.4. The van der Waals surface area contributed by atoms with Gasteiger partial charge in [0, 0.05) is 29.9 Å². The Labute approximate surface area is 157 Å². The third-order valence-corrected chi connectivity index (χ3v) is 4.00. The van der Waals surface area contributed by atoms with E-state index < -0.39 is 5.97 Å². The molecule has 0 amide bonds. The highest BCUT2D eigenvalue weighted by atomic mass is 16.4. The van der Waals surface area contributed by atoms with Gasteiger partial charge in [0.15, 0.2) is 0 Å². The number of carbonyl (C=O) groups is 1. The number of fused-ring (bicyclic) bond motifs is 1. The highest BCUT2D eigenvalue weighted by Crippen LogP contribution is 2.24. The zero-order valence-corrected chi connectivity index (χ0v) is 14.6. The molecule has 0 saturated heterocycles. The minimum Gasteiger partial charge on any atom is -0.478 e. The molecule has 0 bridgehead atoms. The molecule has 2 aromatic carbocycles. The zero-order chi connectivity index (χ0) is 19.1. The van der Waals surface area contributed by atoms with Crippen molar-refractivity contribution in [2.75, 3.05) is 0 Å². The van der Waals surface area contributed by atoms with E-state index in [1.165, 1.54) is 5.56 Å². The summed E-state index contributed by atoms with van der Waals surface area (Å²) in [5.74, 6) is -0.950. The Bertz CT molecular complexity index is 1040. The predicted molar refractivity (Wildman–Crippen MR) is 106 cm³/mol. The maximum absolute atomic E-state index is 11.4. The number of hydrogen-bond acceptors (Lipinski definition) is 4. The van der Waals surface area contributed by atoms with Crippen molar-refractivity contribution < 1.29 is 9.90 Å². The van der Waals surface area contributed by atoms with Crippen LogP contribution in [-0.4, -0.2) is 21.0 Å². The van der Waals surface area contributed by atoms with Crippen LogP contribution < -0.4 is 5.73 Å². The summed E-state index contributed by atoms with van der Waals surface area (Å²) in [7, 11) is 0. The predicted octanol–water partition coefficient (Wildman–Crippen LogP) is 4.14. The second-order valence-corrected chi connectivity index (χ2v) is 5.80. The molecule has 3 N–H and O–H groups in total. The number of nitrogens with zero attached hydrogens (tertiary/aromatic N) is 2. The van der Waals surface area contributed by atoms with E-state index in [9.17, 15) is 9.90 Å². The topological polar surface area (TPSA) is 89.1 Å². The highest BCUT2D eigenvalue weighted by molar-refractivity contribution is 6.03. The van der Waals surface area contributed by atoms with Crippen LogP contribution in [0.3, 0.4) is 0 Å². The van der Waals surface area contributed by atoms with Crippen LogP contribution in [0.4, 0.5) is 0 Å². The van der Waals surface area contributed by atoms with Crippen molar-refractivity contribution >= 4 is 16.9 Å². The molecule has 4 rings (SSSR count). The summed E-state index contributed by atoms with van der Waals surface area (Å²) < 4.78 is 0. The number of carboxylic acid groups (broad SMARTS) is 1. The van der Waals surface area contributed by atoms with Gasteiger partial charge >= 0.3 is 5.97 Å². The van der Waals surface area contributed by atoms with Crippen molar-refractivity contribution in [3.05, 3.63) is 96.3 Å². The Morgan fingerprint density at radius 2 is 1.59 bits per heavy atom. The zero-order valence-electron chi connectivity index (χ0n) is 14.6. The van der Waals surface area contributed by atoms with Gasteiger partial charge in [-0.3, -0.25) is 4.98 Å². The first-order chi connectivity index (χ1) is 13.2. The molecule has 0 aliphatic heterocycles. The minimum atomic E-state index is -0.950. The molecular weight excluding hydrogens is 338 g/mol. The fourth-order valence-corrected chi connectivity index (χ4v) is 2.64. The van der Waals surface area contributed by atoms with Crippen LogP contribution in [0.5, 0.6) is 0 Å². The number of hydrogen-bond donors (Lipinski definition) is 2. The molecule has 0 spiro atoms. The van der Waals surface area contributed by atoms with Crippen LogP contribution in [0.2, 0.25) is 0 Å². The van der Waals surface area contributed by atoms with Gasteiger partial charge in [0.2, 0.25) is 0 Å². The molecule has 27 heavy (non-hydrogen) atoms. The number of nitrogens with two attached hydrogens (primary N) is 1. The minimum absolute atomic E-state index is 0.261. The first-order valence-electron chi connectivity index (χ1n) is 8.46. The van der Waals surface area contributed by atoms with E-state index in [4.69, 9.17) is 5.73 Å². The standard InChI is InChI=1S/C15H10N2O2.C7H9N/c18-15(19)12-9-14(10-5-7-16-8-6-10)17-13-4-2-1-3-11(12)13;8-6-7-4-2-1-3-5-7/h1-9H,(H,18,19);1-5H,6,8H2. The third-order valence-electron chi connectivity index (χ3n) is 4.00. The van der Waals surface area contributed by atoms with Crippen LogP contribution in [0.25, 0.3) is 22.2 Å². The van der Waals surface area contributed by atoms with E-state index in [0.29, 0.717) is 23.1 Å². The SMILES string of the molecule is NCc1ccccc1.O=C(O)c1cc(-c2ccncc2)nc2ccccc12. The van der Waals surface area contributed by atoms with Gasteiger partial charge in [-0.1, -0.05) is 48.5 Å². The van der Waals surface area contributed by atoms with Crippen LogP contribution in [0, 0.1) is 0 Å². The van der Waals surface area contributed by atoms with Gasteiger partial charge in [-0.2, -0.15) is 0 Å². The lowest BCUT2D eigenvalue weighted by molar-refractivity contribution is 0.0699. The summed E-state index contributed by atoms with van der Waals surface area (Å²) in [6, 6.07) is 22.4. The van der Waals surface area contributed by atoms with Crippen LogP contribution in [-0.2, 0) is 6.54 Å². The summed E-state index contributed by atoms with van der Waals surface area (Å²) in [6.07, 6.45) is 3.32. The van der Waals surface area contributed by atoms with Crippen molar-refractivity contribution in [1.82, 2.24) is 9.97 Å². The number of pyridine rings is 2. The van der Waals surface area contributed by atoms with Crippen molar-refractivity contribution in [3.8, 4) is 11.3 Å². The van der Waals surface area contributed by atoms with Gasteiger partial charge in [-0.05, 0) is 29.8 Å². The van der Waals surface area contributed by atoms with Crippen molar-refractivity contribution in [2.45, 2.75) is 6.54 Å². The molecule has 5 heteroatoms. The fourth-order valence-electron chi connectivity index (χ4n) is 2.64. The van der Waals surface area contributed by atoms with Crippen molar-refractivity contribution in [2.24, 2.45) is 5.73 Å². The Morgan fingerprint density at radius 3 is 2.22 bits per heavy atom. The Morgan fingerprint density at radius 1 is 0.926 bits per heavy atom. The summed E-state index contributed by atoms with van der Waals surface area (Å²) >= 11 is 0. The molecule has 0 fully saturated rings. The Hall–Kier alpha value is -3.57. The van der Waals surface area contributed by atoms with Crippen molar-refractivity contribution in [1.29, 1.82) is 0 Å².